The molecule has 2 heterocycles. The van der Waals surface area contributed by atoms with E-state index in [0.717, 1.165) is 29.3 Å². The second kappa shape index (κ2) is 7.72. The molecule has 1 fully saturated rings. The molecule has 31 heavy (non-hydrogen) atoms. The van der Waals surface area contributed by atoms with Crippen LogP contribution in [0.1, 0.15) is 57.5 Å². The van der Waals surface area contributed by atoms with Crippen molar-refractivity contribution in [2.75, 3.05) is 0 Å². The zero-order valence-corrected chi connectivity index (χ0v) is 18.3. The first-order valence-electron chi connectivity index (χ1n) is 10.4. The van der Waals surface area contributed by atoms with Crippen molar-refractivity contribution >= 4 is 35.1 Å². The summed E-state index contributed by atoms with van der Waals surface area (Å²) in [6.45, 7) is 7.71. The maximum absolute atomic E-state index is 13.1. The van der Waals surface area contributed by atoms with E-state index in [1.807, 2.05) is 64.1 Å². The number of hydrogen-bond donors (Lipinski definition) is 1. The highest BCUT2D eigenvalue weighted by molar-refractivity contribution is 5.93. The number of benzene rings is 1. The standard InChI is InChI=1S/C24H27N3O4/c1-23(2,3)31-22(29)27-19(15-25-21(28)24(4)10-11-24)14-17-7-5-16(13-20(17)27)6-8-18-9-12-30-26-18/h5-9,12-14H,10-11,15H2,1-4H3,(H,25,28). The molecule has 7 nitrogen and oxygen atoms in total. The van der Waals surface area contributed by atoms with Crippen LogP contribution in [0.5, 0.6) is 0 Å². The van der Waals surface area contributed by atoms with Gasteiger partial charge in [0.05, 0.1) is 12.1 Å². The van der Waals surface area contributed by atoms with Crippen LogP contribution in [-0.4, -0.2) is 27.3 Å². The molecule has 162 valence electrons. The molecule has 0 spiro atoms. The highest BCUT2D eigenvalue weighted by Gasteiger charge is 2.44. The van der Waals surface area contributed by atoms with E-state index in [4.69, 9.17) is 9.26 Å². The molecule has 0 saturated heterocycles. The number of carbonyl (C=O) groups excluding carboxylic acids is 2. The zero-order valence-electron chi connectivity index (χ0n) is 18.3. The Labute approximate surface area is 181 Å². The number of nitrogens with one attached hydrogen (secondary N) is 1. The third-order valence-electron chi connectivity index (χ3n) is 5.36. The Morgan fingerprint density at radius 2 is 2.00 bits per heavy atom. The summed E-state index contributed by atoms with van der Waals surface area (Å²) >= 11 is 0. The smallest absolute Gasteiger partial charge is 0.419 e. The van der Waals surface area contributed by atoms with Crippen LogP contribution in [0.4, 0.5) is 4.79 Å². The van der Waals surface area contributed by atoms with E-state index in [-0.39, 0.29) is 17.9 Å². The fourth-order valence-electron chi connectivity index (χ4n) is 3.32. The SMILES string of the molecule is CC(C)(C)OC(=O)n1c(CNC(=O)C2(C)CC2)cc2ccc(C=Cc3ccon3)cc21. The lowest BCUT2D eigenvalue weighted by atomic mass is 10.1. The fourth-order valence-corrected chi connectivity index (χ4v) is 3.32. The Hall–Kier alpha value is -3.35. The molecule has 3 aromatic rings. The third-order valence-corrected chi connectivity index (χ3v) is 5.36. The Balaban J connectivity index is 1.68. The molecule has 1 saturated carbocycles. The van der Waals surface area contributed by atoms with Gasteiger partial charge in [-0.05, 0) is 57.4 Å². The maximum atomic E-state index is 13.1. The molecule has 0 aliphatic heterocycles. The number of rotatable bonds is 5. The minimum atomic E-state index is -0.639. The summed E-state index contributed by atoms with van der Waals surface area (Å²) in [5.41, 5.74) is 2.10. The van der Waals surface area contributed by atoms with Gasteiger partial charge in [-0.2, -0.15) is 0 Å². The quantitative estimate of drug-likeness (QED) is 0.627. The molecule has 7 heteroatoms. The average molecular weight is 421 g/mol. The summed E-state index contributed by atoms with van der Waals surface area (Å²) in [5.74, 6) is 0.0183. The van der Waals surface area contributed by atoms with Crippen LogP contribution < -0.4 is 5.32 Å². The largest absolute Gasteiger partial charge is 0.443 e. The second-order valence-corrected chi connectivity index (χ2v) is 9.27. The number of fused-ring (bicyclic) bond motifs is 1. The van der Waals surface area contributed by atoms with E-state index in [2.05, 4.69) is 10.5 Å². The first kappa shape index (κ1) is 20.9. The van der Waals surface area contributed by atoms with Crippen molar-refractivity contribution in [2.24, 2.45) is 5.41 Å². The predicted molar refractivity (Wildman–Crippen MR) is 118 cm³/mol. The lowest BCUT2D eigenvalue weighted by molar-refractivity contribution is -0.125. The highest BCUT2D eigenvalue weighted by atomic mass is 16.6. The summed E-state index contributed by atoms with van der Waals surface area (Å²) in [4.78, 5) is 25.5. The summed E-state index contributed by atoms with van der Waals surface area (Å²) in [7, 11) is 0. The van der Waals surface area contributed by atoms with Crippen LogP contribution in [0, 0.1) is 5.41 Å². The molecule has 1 amide bonds. The Kier molecular flexibility index (Phi) is 5.21. The molecule has 0 atom stereocenters. The number of nitrogens with zero attached hydrogens (tertiary/aromatic N) is 2. The van der Waals surface area contributed by atoms with Crippen LogP contribution in [-0.2, 0) is 16.1 Å². The molecule has 0 unspecified atom stereocenters. The highest BCUT2D eigenvalue weighted by Crippen LogP contribution is 2.45. The number of carbonyl (C=O) groups is 2. The van der Waals surface area contributed by atoms with Crippen LogP contribution in [0.15, 0.2) is 41.1 Å². The van der Waals surface area contributed by atoms with E-state index in [1.165, 1.54) is 6.26 Å². The van der Waals surface area contributed by atoms with Gasteiger partial charge >= 0.3 is 6.09 Å². The van der Waals surface area contributed by atoms with Gasteiger partial charge < -0.3 is 14.6 Å². The number of amides is 1. The van der Waals surface area contributed by atoms with E-state index in [0.29, 0.717) is 11.4 Å². The van der Waals surface area contributed by atoms with Crippen molar-refractivity contribution in [2.45, 2.75) is 52.7 Å². The van der Waals surface area contributed by atoms with Gasteiger partial charge in [0.25, 0.3) is 0 Å². The maximum Gasteiger partial charge on any atom is 0.419 e. The minimum absolute atomic E-state index is 0.0183. The summed E-state index contributed by atoms with van der Waals surface area (Å²) < 4.78 is 12.0. The summed E-state index contributed by atoms with van der Waals surface area (Å²) in [5, 5.41) is 7.74. The van der Waals surface area contributed by atoms with Gasteiger partial charge in [0, 0.05) is 22.6 Å². The molecular weight excluding hydrogens is 394 g/mol. The van der Waals surface area contributed by atoms with Crippen molar-refractivity contribution in [1.82, 2.24) is 15.0 Å². The van der Waals surface area contributed by atoms with E-state index in [9.17, 15) is 9.59 Å². The van der Waals surface area contributed by atoms with Gasteiger partial charge in [-0.1, -0.05) is 30.3 Å². The lowest BCUT2D eigenvalue weighted by Gasteiger charge is -2.21. The Morgan fingerprint density at radius 1 is 1.23 bits per heavy atom. The van der Waals surface area contributed by atoms with E-state index >= 15 is 0 Å². The molecular formula is C24H27N3O4. The molecule has 1 aliphatic carbocycles. The predicted octanol–water partition coefficient (Wildman–Crippen LogP) is 5.00. The van der Waals surface area contributed by atoms with E-state index < -0.39 is 11.7 Å². The van der Waals surface area contributed by atoms with Gasteiger partial charge in [-0.25, -0.2) is 9.36 Å². The minimum Gasteiger partial charge on any atom is -0.443 e. The van der Waals surface area contributed by atoms with Gasteiger partial charge in [-0.15, -0.1) is 0 Å². The number of aromatic nitrogens is 2. The molecule has 1 aliphatic rings. The van der Waals surface area contributed by atoms with E-state index in [1.54, 1.807) is 10.6 Å². The van der Waals surface area contributed by atoms with Crippen LogP contribution >= 0.6 is 0 Å². The zero-order chi connectivity index (χ0) is 22.2. The summed E-state index contributed by atoms with van der Waals surface area (Å²) in [6.07, 6.45) is 6.58. The van der Waals surface area contributed by atoms with Crippen LogP contribution in [0.25, 0.3) is 23.1 Å². The Bertz CT molecular complexity index is 1150. The van der Waals surface area contributed by atoms with Crippen molar-refractivity contribution in [3.8, 4) is 0 Å². The van der Waals surface area contributed by atoms with Crippen molar-refractivity contribution < 1.29 is 18.8 Å². The van der Waals surface area contributed by atoms with Crippen molar-refractivity contribution in [3.05, 3.63) is 53.5 Å². The third kappa shape index (κ3) is 4.71. The second-order valence-electron chi connectivity index (χ2n) is 9.27. The Morgan fingerprint density at radius 3 is 2.65 bits per heavy atom. The van der Waals surface area contributed by atoms with Crippen LogP contribution in [0.3, 0.4) is 0 Å². The average Bonchev–Trinajstić information content (AvgIpc) is 3.12. The summed E-state index contributed by atoms with van der Waals surface area (Å²) in [6, 6.07) is 9.51. The molecule has 0 bridgehead atoms. The first-order valence-corrected chi connectivity index (χ1v) is 10.4. The van der Waals surface area contributed by atoms with Gasteiger partial charge in [-0.3, -0.25) is 4.79 Å². The first-order chi connectivity index (χ1) is 14.6. The van der Waals surface area contributed by atoms with Crippen LogP contribution in [0.2, 0.25) is 0 Å². The molecule has 1 N–H and O–H groups in total. The van der Waals surface area contributed by atoms with Crippen molar-refractivity contribution in [1.29, 1.82) is 0 Å². The fraction of sp³-hybridized carbons (Fsp3) is 0.375. The van der Waals surface area contributed by atoms with Crippen molar-refractivity contribution in [3.63, 3.8) is 0 Å². The van der Waals surface area contributed by atoms with Gasteiger partial charge in [0.15, 0.2) is 0 Å². The number of hydrogen-bond acceptors (Lipinski definition) is 5. The lowest BCUT2D eigenvalue weighted by Crippen LogP contribution is -2.32. The van der Waals surface area contributed by atoms with Gasteiger partial charge in [0.1, 0.15) is 17.6 Å². The molecule has 1 aromatic carbocycles. The molecule has 4 rings (SSSR count). The number of ether oxygens (including phenoxy) is 1. The molecule has 0 radical (unpaired) electrons. The topological polar surface area (TPSA) is 86.4 Å². The normalized spacial score (nSPS) is 15.4. The monoisotopic (exact) mass is 421 g/mol. The molecule has 2 aromatic heterocycles. The van der Waals surface area contributed by atoms with Gasteiger partial charge in [0.2, 0.25) is 5.91 Å².